The van der Waals surface area contributed by atoms with Crippen molar-refractivity contribution in [3.05, 3.63) is 29.3 Å². The lowest BCUT2D eigenvalue weighted by molar-refractivity contribution is 0.233. The SMILES string of the molecule is Cc1cccc(C(C)C)c1NCC1(C#N)CCC1. The number of nitrogens with one attached hydrogen (secondary N) is 1. The fourth-order valence-electron chi connectivity index (χ4n) is 2.60. The Labute approximate surface area is 110 Å². The second-order valence-corrected chi connectivity index (χ2v) is 5.79. The van der Waals surface area contributed by atoms with Crippen molar-refractivity contribution >= 4 is 5.69 Å². The molecule has 1 aliphatic carbocycles. The van der Waals surface area contributed by atoms with E-state index in [0.29, 0.717) is 5.92 Å². The highest BCUT2D eigenvalue weighted by Gasteiger charge is 2.37. The van der Waals surface area contributed by atoms with E-state index in [4.69, 9.17) is 0 Å². The number of benzene rings is 1. The third-order valence-corrected chi connectivity index (χ3v) is 4.08. The van der Waals surface area contributed by atoms with Crippen LogP contribution >= 0.6 is 0 Å². The first kappa shape index (κ1) is 13.0. The molecule has 1 N–H and O–H groups in total. The van der Waals surface area contributed by atoms with Gasteiger partial charge in [-0.2, -0.15) is 5.26 Å². The maximum absolute atomic E-state index is 9.27. The Morgan fingerprint density at radius 2 is 2.11 bits per heavy atom. The number of para-hydroxylation sites is 1. The van der Waals surface area contributed by atoms with Crippen molar-refractivity contribution in [2.45, 2.75) is 46.0 Å². The van der Waals surface area contributed by atoms with Crippen LogP contribution in [0.1, 0.15) is 50.2 Å². The van der Waals surface area contributed by atoms with Gasteiger partial charge in [-0.1, -0.05) is 38.5 Å². The van der Waals surface area contributed by atoms with Gasteiger partial charge in [-0.25, -0.2) is 0 Å². The summed E-state index contributed by atoms with van der Waals surface area (Å²) in [5, 5.41) is 12.8. The fourth-order valence-corrected chi connectivity index (χ4v) is 2.60. The van der Waals surface area contributed by atoms with E-state index in [9.17, 15) is 5.26 Å². The molecule has 1 saturated carbocycles. The van der Waals surface area contributed by atoms with Gasteiger partial charge in [-0.15, -0.1) is 0 Å². The van der Waals surface area contributed by atoms with Gasteiger partial charge in [0.25, 0.3) is 0 Å². The first-order valence-corrected chi connectivity index (χ1v) is 6.83. The van der Waals surface area contributed by atoms with Crippen molar-refractivity contribution in [1.29, 1.82) is 5.26 Å². The van der Waals surface area contributed by atoms with Crippen LogP contribution in [0.4, 0.5) is 5.69 Å². The van der Waals surface area contributed by atoms with E-state index >= 15 is 0 Å². The van der Waals surface area contributed by atoms with Gasteiger partial charge in [0.2, 0.25) is 0 Å². The third kappa shape index (κ3) is 2.36. The highest BCUT2D eigenvalue weighted by atomic mass is 14.9. The standard InChI is InChI=1S/C16H22N2/c1-12(2)14-7-4-6-13(3)15(14)18-11-16(10-17)8-5-9-16/h4,6-7,12,18H,5,8-9,11H2,1-3H3. The van der Waals surface area contributed by atoms with Gasteiger partial charge in [0.15, 0.2) is 0 Å². The zero-order valence-electron chi connectivity index (χ0n) is 11.6. The zero-order chi connectivity index (χ0) is 13.2. The Bertz CT molecular complexity index is 464. The smallest absolute Gasteiger partial charge is 0.0746 e. The first-order chi connectivity index (χ1) is 8.58. The number of hydrogen-bond donors (Lipinski definition) is 1. The van der Waals surface area contributed by atoms with Gasteiger partial charge >= 0.3 is 0 Å². The molecule has 0 bridgehead atoms. The fraction of sp³-hybridized carbons (Fsp3) is 0.562. The molecule has 2 nitrogen and oxygen atoms in total. The summed E-state index contributed by atoms with van der Waals surface area (Å²) >= 11 is 0. The number of aryl methyl sites for hydroxylation is 1. The summed E-state index contributed by atoms with van der Waals surface area (Å²) in [7, 11) is 0. The topological polar surface area (TPSA) is 35.8 Å². The number of rotatable bonds is 4. The second-order valence-electron chi connectivity index (χ2n) is 5.79. The van der Waals surface area contributed by atoms with E-state index in [2.05, 4.69) is 50.4 Å². The molecule has 0 spiro atoms. The van der Waals surface area contributed by atoms with E-state index in [-0.39, 0.29) is 5.41 Å². The van der Waals surface area contributed by atoms with Crippen molar-refractivity contribution in [2.24, 2.45) is 5.41 Å². The molecule has 0 aliphatic heterocycles. The van der Waals surface area contributed by atoms with Crippen molar-refractivity contribution in [3.63, 3.8) is 0 Å². The van der Waals surface area contributed by atoms with Crippen molar-refractivity contribution < 1.29 is 0 Å². The Balaban J connectivity index is 2.16. The van der Waals surface area contributed by atoms with Crippen LogP contribution in [0.15, 0.2) is 18.2 Å². The molecule has 0 aromatic heterocycles. The monoisotopic (exact) mass is 242 g/mol. The Morgan fingerprint density at radius 1 is 1.39 bits per heavy atom. The molecule has 18 heavy (non-hydrogen) atoms. The highest BCUT2D eigenvalue weighted by molar-refractivity contribution is 5.58. The summed E-state index contributed by atoms with van der Waals surface area (Å²) in [5.74, 6) is 0.506. The van der Waals surface area contributed by atoms with E-state index in [1.807, 2.05) is 0 Å². The van der Waals surface area contributed by atoms with Crippen molar-refractivity contribution in [1.82, 2.24) is 0 Å². The lowest BCUT2D eigenvalue weighted by Crippen LogP contribution is -2.35. The molecule has 0 amide bonds. The summed E-state index contributed by atoms with van der Waals surface area (Å²) in [6.45, 7) is 7.34. The van der Waals surface area contributed by atoms with Gasteiger partial charge in [-0.3, -0.25) is 0 Å². The molecule has 0 saturated heterocycles. The summed E-state index contributed by atoms with van der Waals surface area (Å²) in [5.41, 5.74) is 3.74. The van der Waals surface area contributed by atoms with E-state index < -0.39 is 0 Å². The Hall–Kier alpha value is -1.49. The third-order valence-electron chi connectivity index (χ3n) is 4.08. The number of nitrogens with zero attached hydrogens (tertiary/aromatic N) is 1. The Morgan fingerprint density at radius 3 is 2.61 bits per heavy atom. The van der Waals surface area contributed by atoms with Gasteiger partial charge < -0.3 is 5.32 Å². The summed E-state index contributed by atoms with van der Waals surface area (Å²) < 4.78 is 0. The number of hydrogen-bond acceptors (Lipinski definition) is 2. The molecule has 1 aromatic carbocycles. The summed E-state index contributed by atoms with van der Waals surface area (Å²) in [6.07, 6.45) is 3.28. The first-order valence-electron chi connectivity index (χ1n) is 6.83. The molecule has 0 radical (unpaired) electrons. The van der Waals surface area contributed by atoms with Gasteiger partial charge in [0, 0.05) is 12.2 Å². The number of anilines is 1. The molecular formula is C16H22N2. The number of nitriles is 1. The molecular weight excluding hydrogens is 220 g/mol. The molecule has 1 aliphatic rings. The molecule has 0 atom stereocenters. The normalized spacial score (nSPS) is 17.1. The minimum Gasteiger partial charge on any atom is -0.383 e. The van der Waals surface area contributed by atoms with Crippen LogP contribution in [0.25, 0.3) is 0 Å². The van der Waals surface area contributed by atoms with Crippen LogP contribution in [-0.2, 0) is 0 Å². The quantitative estimate of drug-likeness (QED) is 0.858. The van der Waals surface area contributed by atoms with Crippen LogP contribution in [0.3, 0.4) is 0 Å². The van der Waals surface area contributed by atoms with Gasteiger partial charge in [0.1, 0.15) is 0 Å². The maximum atomic E-state index is 9.27. The highest BCUT2D eigenvalue weighted by Crippen LogP contribution is 2.40. The molecule has 2 heteroatoms. The van der Waals surface area contributed by atoms with Crippen LogP contribution in [-0.4, -0.2) is 6.54 Å². The van der Waals surface area contributed by atoms with Crippen LogP contribution in [0.2, 0.25) is 0 Å². The van der Waals surface area contributed by atoms with Crippen LogP contribution in [0.5, 0.6) is 0 Å². The summed E-state index contributed by atoms with van der Waals surface area (Å²) in [6, 6.07) is 8.91. The van der Waals surface area contributed by atoms with E-state index in [1.54, 1.807) is 0 Å². The summed E-state index contributed by atoms with van der Waals surface area (Å²) in [4.78, 5) is 0. The maximum Gasteiger partial charge on any atom is 0.0746 e. The van der Waals surface area contributed by atoms with Crippen molar-refractivity contribution in [3.8, 4) is 6.07 Å². The van der Waals surface area contributed by atoms with Crippen molar-refractivity contribution in [2.75, 3.05) is 11.9 Å². The molecule has 0 heterocycles. The minimum atomic E-state index is -0.115. The van der Waals surface area contributed by atoms with E-state index in [1.165, 1.54) is 23.2 Å². The zero-order valence-corrected chi connectivity index (χ0v) is 11.6. The molecule has 1 aromatic rings. The predicted octanol–water partition coefficient (Wildman–Crippen LogP) is 4.22. The average Bonchev–Trinajstić information content (AvgIpc) is 2.29. The predicted molar refractivity (Wildman–Crippen MR) is 75.7 cm³/mol. The lowest BCUT2D eigenvalue weighted by Gasteiger charge is -2.36. The molecule has 1 fully saturated rings. The minimum absolute atomic E-state index is 0.115. The Kier molecular flexibility index (Phi) is 3.61. The second kappa shape index (κ2) is 5.02. The van der Waals surface area contributed by atoms with Crippen LogP contribution < -0.4 is 5.32 Å². The van der Waals surface area contributed by atoms with Gasteiger partial charge in [-0.05, 0) is 36.8 Å². The van der Waals surface area contributed by atoms with Gasteiger partial charge in [0.05, 0.1) is 11.5 Å². The molecule has 96 valence electrons. The van der Waals surface area contributed by atoms with E-state index in [0.717, 1.165) is 19.4 Å². The molecule has 0 unspecified atom stereocenters. The van der Waals surface area contributed by atoms with Crippen LogP contribution in [0, 0.1) is 23.7 Å². The lowest BCUT2D eigenvalue weighted by atomic mass is 9.70. The molecule has 2 rings (SSSR count). The largest absolute Gasteiger partial charge is 0.383 e. The average molecular weight is 242 g/mol.